The Morgan fingerprint density at radius 3 is 2.25 bits per heavy atom. The highest BCUT2D eigenvalue weighted by molar-refractivity contribution is 7.74. The molecule has 5 nitrogen and oxygen atoms in total. The smallest absolute Gasteiger partial charge is 0.335 e. The first-order valence-electron chi connectivity index (χ1n) is 7.28. The Morgan fingerprint density at radius 1 is 0.917 bits per heavy atom. The molecule has 0 aliphatic rings. The fraction of sp³-hybridized carbons (Fsp3) is 0.0556. The van der Waals surface area contributed by atoms with E-state index in [0.29, 0.717) is 11.3 Å². The molecule has 0 aliphatic carbocycles. The van der Waals surface area contributed by atoms with Crippen LogP contribution in [-0.2, 0) is 17.4 Å². The molecule has 0 saturated carbocycles. The number of carboxylic acids is 1. The third kappa shape index (κ3) is 3.23. The number of fused-ring (bicyclic) bond motifs is 1. The van der Waals surface area contributed by atoms with E-state index in [1.54, 1.807) is 18.2 Å². The first-order valence-corrected chi connectivity index (χ1v) is 8.41. The van der Waals surface area contributed by atoms with Crippen LogP contribution in [0, 0.1) is 0 Å². The van der Waals surface area contributed by atoms with Crippen molar-refractivity contribution in [1.82, 2.24) is 0 Å². The molecule has 0 fully saturated rings. The number of hydrogen-bond donors (Lipinski definition) is 2. The molecular formula is C18H15NO4S. The molecule has 0 amide bonds. The molecule has 0 unspecified atom stereocenters. The number of carboxylic acid groups (broad SMARTS) is 1. The summed E-state index contributed by atoms with van der Waals surface area (Å²) < 4.78 is 24.9. The zero-order chi connectivity index (χ0) is 17.1. The molecule has 0 bridgehead atoms. The SMILES string of the molecule is O=C(O)c1ccc(CN(c2cccc3ccccc23)[SH](=O)=O)cc1. The molecule has 3 rings (SSSR count). The summed E-state index contributed by atoms with van der Waals surface area (Å²) in [4.78, 5) is 10.9. The van der Waals surface area contributed by atoms with E-state index >= 15 is 0 Å². The van der Waals surface area contributed by atoms with Crippen LogP contribution in [0.1, 0.15) is 15.9 Å². The van der Waals surface area contributed by atoms with Gasteiger partial charge in [-0.15, -0.1) is 0 Å². The van der Waals surface area contributed by atoms with Gasteiger partial charge in [0.05, 0.1) is 17.8 Å². The first kappa shape index (κ1) is 16.0. The Labute approximate surface area is 140 Å². The number of anilines is 1. The molecule has 24 heavy (non-hydrogen) atoms. The van der Waals surface area contributed by atoms with Gasteiger partial charge in [-0.25, -0.2) is 13.2 Å². The van der Waals surface area contributed by atoms with Gasteiger partial charge >= 0.3 is 5.97 Å². The second kappa shape index (κ2) is 6.72. The molecule has 0 heterocycles. The highest BCUT2D eigenvalue weighted by Gasteiger charge is 2.13. The van der Waals surface area contributed by atoms with Crippen LogP contribution in [0.2, 0.25) is 0 Å². The van der Waals surface area contributed by atoms with E-state index in [-0.39, 0.29) is 12.1 Å². The van der Waals surface area contributed by atoms with Crippen LogP contribution < -0.4 is 4.31 Å². The molecular weight excluding hydrogens is 326 g/mol. The van der Waals surface area contributed by atoms with Crippen LogP contribution in [0.15, 0.2) is 66.7 Å². The van der Waals surface area contributed by atoms with E-state index in [0.717, 1.165) is 10.8 Å². The largest absolute Gasteiger partial charge is 0.478 e. The van der Waals surface area contributed by atoms with Gasteiger partial charge in [-0.1, -0.05) is 48.5 Å². The number of thiol groups is 1. The predicted octanol–water partition coefficient (Wildman–Crippen LogP) is 3.07. The number of carbonyl (C=O) groups is 1. The maximum Gasteiger partial charge on any atom is 0.335 e. The molecule has 0 aromatic heterocycles. The number of hydrogen-bond acceptors (Lipinski definition) is 3. The van der Waals surface area contributed by atoms with Crippen molar-refractivity contribution in [2.45, 2.75) is 6.54 Å². The first-order chi connectivity index (χ1) is 11.6. The van der Waals surface area contributed by atoms with Crippen molar-refractivity contribution < 1.29 is 18.3 Å². The van der Waals surface area contributed by atoms with Gasteiger partial charge in [-0.05, 0) is 29.1 Å². The topological polar surface area (TPSA) is 74.7 Å². The summed E-state index contributed by atoms with van der Waals surface area (Å²) in [6.07, 6.45) is 0. The number of rotatable bonds is 5. The van der Waals surface area contributed by atoms with E-state index in [4.69, 9.17) is 5.11 Å². The molecule has 0 saturated heterocycles. The quantitative estimate of drug-likeness (QED) is 0.700. The Hall–Kier alpha value is -2.86. The Morgan fingerprint density at radius 2 is 1.58 bits per heavy atom. The lowest BCUT2D eigenvalue weighted by atomic mass is 10.1. The van der Waals surface area contributed by atoms with Crippen molar-refractivity contribution in [3.63, 3.8) is 0 Å². The zero-order valence-electron chi connectivity index (χ0n) is 12.6. The Bertz CT molecular complexity index is 951. The molecule has 1 N–H and O–H groups in total. The summed E-state index contributed by atoms with van der Waals surface area (Å²) in [5.74, 6) is -1.01. The number of nitrogens with zero attached hydrogens (tertiary/aromatic N) is 1. The summed E-state index contributed by atoms with van der Waals surface area (Å²) in [5, 5.41) is 10.7. The summed E-state index contributed by atoms with van der Waals surface area (Å²) in [6.45, 7) is 0.145. The van der Waals surface area contributed by atoms with Gasteiger partial charge in [-0.3, -0.25) is 4.31 Å². The van der Waals surface area contributed by atoms with Crippen LogP contribution in [0.3, 0.4) is 0 Å². The Kier molecular flexibility index (Phi) is 4.48. The van der Waals surface area contributed by atoms with Gasteiger partial charge < -0.3 is 5.11 Å². The van der Waals surface area contributed by atoms with E-state index in [1.807, 2.05) is 36.4 Å². The zero-order valence-corrected chi connectivity index (χ0v) is 13.5. The van der Waals surface area contributed by atoms with Crippen LogP contribution in [0.5, 0.6) is 0 Å². The fourth-order valence-electron chi connectivity index (χ4n) is 2.59. The van der Waals surface area contributed by atoms with Crippen molar-refractivity contribution in [3.05, 3.63) is 77.9 Å². The average Bonchev–Trinajstić information content (AvgIpc) is 2.59. The molecule has 0 spiro atoms. The van der Waals surface area contributed by atoms with E-state index in [1.165, 1.54) is 16.4 Å². The summed E-state index contributed by atoms with van der Waals surface area (Å²) in [7, 11) is -2.84. The van der Waals surface area contributed by atoms with Crippen molar-refractivity contribution in [1.29, 1.82) is 0 Å². The molecule has 3 aromatic carbocycles. The standard InChI is InChI=1S/C18H15NO4S/c20-18(21)15-10-8-13(9-11-15)12-19(24(22)23)17-7-3-5-14-4-1-2-6-16(14)17/h1-11,24H,12H2,(H,20,21). The minimum Gasteiger partial charge on any atom is -0.478 e. The van der Waals surface area contributed by atoms with Crippen LogP contribution >= 0.6 is 0 Å². The maximum atomic E-state index is 11.8. The lowest BCUT2D eigenvalue weighted by Gasteiger charge is -2.20. The van der Waals surface area contributed by atoms with E-state index < -0.39 is 16.9 Å². The van der Waals surface area contributed by atoms with Crippen molar-refractivity contribution in [2.75, 3.05) is 4.31 Å². The average molecular weight is 341 g/mol. The maximum absolute atomic E-state index is 11.8. The fourth-order valence-corrected chi connectivity index (χ4v) is 3.22. The molecule has 0 aliphatic heterocycles. The van der Waals surface area contributed by atoms with Crippen LogP contribution in [-0.4, -0.2) is 19.5 Å². The van der Waals surface area contributed by atoms with Crippen molar-refractivity contribution in [3.8, 4) is 0 Å². The third-order valence-electron chi connectivity index (χ3n) is 3.78. The number of aromatic carboxylic acids is 1. The molecule has 0 atom stereocenters. The van der Waals surface area contributed by atoms with Crippen LogP contribution in [0.4, 0.5) is 5.69 Å². The molecule has 122 valence electrons. The monoisotopic (exact) mass is 341 g/mol. The van der Waals surface area contributed by atoms with Gasteiger partial charge in [0.15, 0.2) is 0 Å². The highest BCUT2D eigenvalue weighted by atomic mass is 32.2. The lowest BCUT2D eigenvalue weighted by molar-refractivity contribution is 0.0697. The predicted molar refractivity (Wildman–Crippen MR) is 93.8 cm³/mol. The minimum absolute atomic E-state index is 0.145. The van der Waals surface area contributed by atoms with Crippen LogP contribution in [0.25, 0.3) is 10.8 Å². The van der Waals surface area contributed by atoms with E-state index in [2.05, 4.69) is 0 Å². The normalized spacial score (nSPS) is 10.9. The number of benzene rings is 3. The summed E-state index contributed by atoms with van der Waals surface area (Å²) in [6, 6.07) is 19.3. The third-order valence-corrected chi connectivity index (χ3v) is 4.53. The van der Waals surface area contributed by atoms with Gasteiger partial charge in [0.1, 0.15) is 0 Å². The second-order valence-electron chi connectivity index (χ2n) is 5.30. The molecule has 0 radical (unpaired) electrons. The highest BCUT2D eigenvalue weighted by Crippen LogP contribution is 2.28. The van der Waals surface area contributed by atoms with E-state index in [9.17, 15) is 13.2 Å². The second-order valence-corrected chi connectivity index (χ2v) is 6.25. The lowest BCUT2D eigenvalue weighted by Crippen LogP contribution is -2.20. The summed E-state index contributed by atoms with van der Waals surface area (Å²) in [5.41, 5.74) is 1.49. The van der Waals surface area contributed by atoms with Crippen molar-refractivity contribution >= 4 is 33.3 Å². The molecule has 3 aromatic rings. The molecule has 6 heteroatoms. The van der Waals surface area contributed by atoms with Gasteiger partial charge in [0, 0.05) is 5.39 Å². The Balaban J connectivity index is 1.99. The van der Waals surface area contributed by atoms with Crippen molar-refractivity contribution in [2.24, 2.45) is 0 Å². The summed E-state index contributed by atoms with van der Waals surface area (Å²) >= 11 is 0. The van der Waals surface area contributed by atoms with Gasteiger partial charge in [0.2, 0.25) is 10.9 Å². The minimum atomic E-state index is -2.84. The van der Waals surface area contributed by atoms with Gasteiger partial charge in [0.25, 0.3) is 0 Å². The van der Waals surface area contributed by atoms with Gasteiger partial charge in [-0.2, -0.15) is 0 Å².